The zero-order valence-electron chi connectivity index (χ0n) is 6.19. The Kier molecular flexibility index (Phi) is 2.54. The minimum Gasteiger partial charge on any atom is -0.332 e. The van der Waals surface area contributed by atoms with Crippen LogP contribution in [0.5, 0.6) is 0 Å². The standard InChI is InChI=1S/C7H8N3O/c1-10(6-11)5-7-4-8-2-3-9-7/h2-4H,5H2,1H3. The zero-order chi connectivity index (χ0) is 8.10. The Morgan fingerprint density at radius 3 is 3.00 bits per heavy atom. The van der Waals surface area contributed by atoms with Crippen molar-refractivity contribution in [1.82, 2.24) is 14.9 Å². The van der Waals surface area contributed by atoms with Gasteiger partial charge in [-0.15, -0.1) is 0 Å². The predicted molar refractivity (Wildman–Crippen MR) is 39.2 cm³/mol. The van der Waals surface area contributed by atoms with Crippen molar-refractivity contribution in [3.63, 3.8) is 0 Å². The molecule has 4 heteroatoms. The van der Waals surface area contributed by atoms with Crippen LogP contribution >= 0.6 is 0 Å². The molecule has 0 spiro atoms. The minimum atomic E-state index is 0.456. The Hall–Kier alpha value is -1.45. The summed E-state index contributed by atoms with van der Waals surface area (Å²) >= 11 is 0. The van der Waals surface area contributed by atoms with Crippen LogP contribution in [0, 0.1) is 0 Å². The van der Waals surface area contributed by atoms with E-state index in [1.54, 1.807) is 32.0 Å². The van der Waals surface area contributed by atoms with E-state index in [9.17, 15) is 4.79 Å². The van der Waals surface area contributed by atoms with Crippen molar-refractivity contribution in [1.29, 1.82) is 0 Å². The average Bonchev–Trinajstić information content (AvgIpc) is 2.06. The average molecular weight is 150 g/mol. The second-order valence-electron chi connectivity index (χ2n) is 2.14. The van der Waals surface area contributed by atoms with Gasteiger partial charge in [-0.2, -0.15) is 0 Å². The van der Waals surface area contributed by atoms with Gasteiger partial charge in [-0.3, -0.25) is 14.8 Å². The fraction of sp³-hybridized carbons (Fsp3) is 0.286. The fourth-order valence-corrected chi connectivity index (χ4v) is 0.687. The lowest BCUT2D eigenvalue weighted by molar-refractivity contribution is 0.426. The number of amides is 1. The highest BCUT2D eigenvalue weighted by atomic mass is 16.1. The van der Waals surface area contributed by atoms with E-state index < -0.39 is 0 Å². The maximum Gasteiger partial charge on any atom is 0.312 e. The highest BCUT2D eigenvalue weighted by Crippen LogP contribution is 1.92. The van der Waals surface area contributed by atoms with E-state index in [1.165, 1.54) is 4.90 Å². The summed E-state index contributed by atoms with van der Waals surface area (Å²) in [6.45, 7) is 0.456. The van der Waals surface area contributed by atoms with Crippen LogP contribution in [0.15, 0.2) is 18.6 Å². The van der Waals surface area contributed by atoms with Crippen LogP contribution in [-0.2, 0) is 11.3 Å². The molecule has 1 heterocycles. The SMILES string of the molecule is CN([C]=O)Cc1cnccn1. The summed E-state index contributed by atoms with van der Waals surface area (Å²) in [5.41, 5.74) is 0.762. The Morgan fingerprint density at radius 1 is 1.64 bits per heavy atom. The van der Waals surface area contributed by atoms with Gasteiger partial charge in [-0.25, -0.2) is 0 Å². The second kappa shape index (κ2) is 3.65. The van der Waals surface area contributed by atoms with Gasteiger partial charge in [-0.1, -0.05) is 0 Å². The van der Waals surface area contributed by atoms with Gasteiger partial charge < -0.3 is 4.90 Å². The molecule has 0 aliphatic carbocycles. The minimum absolute atomic E-state index is 0.456. The highest BCUT2D eigenvalue weighted by Gasteiger charge is 1.97. The second-order valence-corrected chi connectivity index (χ2v) is 2.14. The summed E-state index contributed by atoms with van der Waals surface area (Å²) in [5.74, 6) is 0. The fourth-order valence-electron chi connectivity index (χ4n) is 0.687. The van der Waals surface area contributed by atoms with E-state index in [0.717, 1.165) is 5.69 Å². The van der Waals surface area contributed by atoms with Crippen molar-refractivity contribution < 1.29 is 4.79 Å². The Morgan fingerprint density at radius 2 is 2.45 bits per heavy atom. The van der Waals surface area contributed by atoms with Crippen LogP contribution in [0.25, 0.3) is 0 Å². The van der Waals surface area contributed by atoms with Gasteiger partial charge >= 0.3 is 6.41 Å². The van der Waals surface area contributed by atoms with Gasteiger partial charge in [0.25, 0.3) is 0 Å². The smallest absolute Gasteiger partial charge is 0.312 e. The molecule has 11 heavy (non-hydrogen) atoms. The lowest BCUT2D eigenvalue weighted by Crippen LogP contribution is -2.15. The largest absolute Gasteiger partial charge is 0.332 e. The molecule has 0 aliphatic heterocycles. The molecule has 0 fully saturated rings. The molecule has 0 N–H and O–H groups in total. The number of hydrogen-bond donors (Lipinski definition) is 0. The summed E-state index contributed by atoms with van der Waals surface area (Å²) in [6.07, 6.45) is 6.53. The van der Waals surface area contributed by atoms with E-state index in [-0.39, 0.29) is 0 Å². The summed E-state index contributed by atoms with van der Waals surface area (Å²) in [5, 5.41) is 0. The van der Waals surface area contributed by atoms with Crippen LogP contribution in [0.1, 0.15) is 5.69 Å². The van der Waals surface area contributed by atoms with Crippen molar-refractivity contribution in [2.45, 2.75) is 6.54 Å². The van der Waals surface area contributed by atoms with Gasteiger partial charge in [0.1, 0.15) is 0 Å². The van der Waals surface area contributed by atoms with Crippen LogP contribution in [0.4, 0.5) is 0 Å². The van der Waals surface area contributed by atoms with Crippen LogP contribution in [0.2, 0.25) is 0 Å². The number of carbonyl (C=O) groups excluding carboxylic acids is 1. The molecule has 1 rings (SSSR count). The molecule has 1 aromatic heterocycles. The molecule has 0 bridgehead atoms. The first-order valence-corrected chi connectivity index (χ1v) is 3.16. The Bertz CT molecular complexity index is 224. The first-order chi connectivity index (χ1) is 5.33. The molecular weight excluding hydrogens is 142 g/mol. The van der Waals surface area contributed by atoms with E-state index in [4.69, 9.17) is 0 Å². The molecule has 1 amide bonds. The summed E-state index contributed by atoms with van der Waals surface area (Å²) in [6, 6.07) is 0. The molecule has 0 atom stereocenters. The monoisotopic (exact) mass is 150 g/mol. The third kappa shape index (κ3) is 2.33. The molecule has 0 unspecified atom stereocenters. The normalized spacial score (nSPS) is 9.18. The number of nitrogens with zero attached hydrogens (tertiary/aromatic N) is 3. The molecule has 57 valence electrons. The molecule has 0 saturated carbocycles. The van der Waals surface area contributed by atoms with Crippen molar-refractivity contribution in [2.75, 3.05) is 7.05 Å². The molecular formula is C7H8N3O. The van der Waals surface area contributed by atoms with Crippen molar-refractivity contribution in [3.05, 3.63) is 24.3 Å². The molecule has 0 aromatic carbocycles. The molecule has 4 nitrogen and oxygen atoms in total. The summed E-state index contributed by atoms with van der Waals surface area (Å²) in [7, 11) is 1.64. The highest BCUT2D eigenvalue weighted by molar-refractivity contribution is 5.47. The maximum atomic E-state index is 10.1. The van der Waals surface area contributed by atoms with Crippen molar-refractivity contribution >= 4 is 6.41 Å². The Balaban J connectivity index is 2.57. The molecule has 0 aliphatic rings. The van der Waals surface area contributed by atoms with Crippen molar-refractivity contribution in [3.8, 4) is 0 Å². The summed E-state index contributed by atoms with van der Waals surface area (Å²) < 4.78 is 0. The Labute approximate surface area is 64.9 Å². The van der Waals surface area contributed by atoms with Gasteiger partial charge in [-0.05, 0) is 0 Å². The maximum absolute atomic E-state index is 10.1. The first-order valence-electron chi connectivity index (χ1n) is 3.16. The van der Waals surface area contributed by atoms with Crippen LogP contribution in [-0.4, -0.2) is 28.3 Å². The van der Waals surface area contributed by atoms with Crippen LogP contribution in [0.3, 0.4) is 0 Å². The lowest BCUT2D eigenvalue weighted by atomic mass is 10.4. The predicted octanol–water partition coefficient (Wildman–Crippen LogP) is -0.0244. The molecule has 1 radical (unpaired) electrons. The van der Waals surface area contributed by atoms with Gasteiger partial charge in [0, 0.05) is 19.4 Å². The summed E-state index contributed by atoms with van der Waals surface area (Å²) in [4.78, 5) is 19.3. The first kappa shape index (κ1) is 7.65. The lowest BCUT2D eigenvalue weighted by Gasteiger charge is -2.06. The third-order valence-corrected chi connectivity index (χ3v) is 1.17. The third-order valence-electron chi connectivity index (χ3n) is 1.17. The number of rotatable bonds is 3. The number of aromatic nitrogens is 2. The molecule has 0 saturated heterocycles. The van der Waals surface area contributed by atoms with Gasteiger partial charge in [0.2, 0.25) is 0 Å². The van der Waals surface area contributed by atoms with E-state index in [2.05, 4.69) is 9.97 Å². The quantitative estimate of drug-likeness (QED) is 0.569. The van der Waals surface area contributed by atoms with E-state index in [1.807, 2.05) is 0 Å². The van der Waals surface area contributed by atoms with E-state index in [0.29, 0.717) is 6.54 Å². The van der Waals surface area contributed by atoms with Gasteiger partial charge in [0.15, 0.2) is 0 Å². The van der Waals surface area contributed by atoms with Gasteiger partial charge in [0.05, 0.1) is 18.4 Å². The molecule has 1 aromatic rings. The van der Waals surface area contributed by atoms with E-state index >= 15 is 0 Å². The number of hydrogen-bond acceptors (Lipinski definition) is 3. The van der Waals surface area contributed by atoms with Crippen LogP contribution < -0.4 is 0 Å². The van der Waals surface area contributed by atoms with Crippen molar-refractivity contribution in [2.24, 2.45) is 0 Å². The zero-order valence-corrected chi connectivity index (χ0v) is 6.19. The topological polar surface area (TPSA) is 46.1 Å².